The Morgan fingerprint density at radius 1 is 0.431 bits per heavy atom. The quantitative estimate of drug-likeness (QED) is 0.163. The lowest BCUT2D eigenvalue weighted by Crippen LogP contribution is -2.42. The topological polar surface area (TPSA) is 21.7 Å². The minimum absolute atomic E-state index is 0.413. The summed E-state index contributed by atoms with van der Waals surface area (Å²) in [4.78, 5) is 2.36. The molecule has 270 valence electrons. The molecule has 58 heavy (non-hydrogen) atoms. The Kier molecular flexibility index (Phi) is 5.85. The van der Waals surface area contributed by atoms with E-state index in [1.54, 1.807) is 0 Å². The molecule has 5 heteroatoms. The number of fused-ring (bicyclic) bond motifs is 12. The second-order valence-corrected chi connectivity index (χ2v) is 20.1. The molecule has 0 fully saturated rings. The summed E-state index contributed by atoms with van der Waals surface area (Å²) in [5, 5.41) is 5.69. The third-order valence-corrected chi connectivity index (χ3v) is 18.0. The summed E-state index contributed by atoms with van der Waals surface area (Å²) in [5.41, 5.74) is 15.7. The maximum Gasteiger partial charge on any atom is 0.140 e. The number of hydrogen-bond donors (Lipinski definition) is 0. The Bertz CT molecular complexity index is 3350. The van der Waals surface area contributed by atoms with Crippen molar-refractivity contribution in [2.45, 2.75) is 5.41 Å². The zero-order valence-corrected chi connectivity index (χ0v) is 32.7. The summed E-state index contributed by atoms with van der Waals surface area (Å²) < 4.78 is 13.5. The SMILES string of the molecule is S=P12c3c4cccc3Oc3cc(-c5ccc6c7c(ccc6c5)-c5ccccc5C75c6ccccc6-c6ccccc65)cc(c31)N(c1ccccc1)c1cccc(c12)O4. The van der Waals surface area contributed by atoms with E-state index in [0.717, 1.165) is 67.1 Å². The Hall–Kier alpha value is -6.71. The summed E-state index contributed by atoms with van der Waals surface area (Å²) in [6.07, 6.45) is 0. The normalized spacial score (nSPS) is 17.1. The molecule has 9 aromatic rings. The van der Waals surface area contributed by atoms with Crippen LogP contribution in [0.3, 0.4) is 0 Å². The van der Waals surface area contributed by atoms with Crippen LogP contribution in [0.4, 0.5) is 17.1 Å². The van der Waals surface area contributed by atoms with Crippen molar-refractivity contribution >= 4 is 61.6 Å². The fourth-order valence-electron chi connectivity index (χ4n) is 11.1. The average molecular weight is 776 g/mol. The van der Waals surface area contributed by atoms with Crippen LogP contribution in [0.1, 0.15) is 22.3 Å². The highest BCUT2D eigenvalue weighted by atomic mass is 32.4. The first kappa shape index (κ1) is 31.4. The van der Waals surface area contributed by atoms with Crippen molar-refractivity contribution in [2.75, 3.05) is 4.90 Å². The van der Waals surface area contributed by atoms with Crippen molar-refractivity contribution in [3.63, 3.8) is 0 Å². The van der Waals surface area contributed by atoms with Crippen LogP contribution in [0.15, 0.2) is 182 Å². The van der Waals surface area contributed by atoms with Gasteiger partial charge < -0.3 is 14.4 Å². The van der Waals surface area contributed by atoms with Crippen LogP contribution in [0.5, 0.6) is 23.0 Å². The van der Waals surface area contributed by atoms with Crippen molar-refractivity contribution in [2.24, 2.45) is 0 Å². The molecule has 0 saturated heterocycles. The van der Waals surface area contributed by atoms with Gasteiger partial charge in [0.15, 0.2) is 0 Å². The number of hydrogen-bond acceptors (Lipinski definition) is 4. The second kappa shape index (κ2) is 10.8. The Morgan fingerprint density at radius 3 is 1.72 bits per heavy atom. The van der Waals surface area contributed by atoms with E-state index in [4.69, 9.17) is 21.3 Å². The lowest BCUT2D eigenvalue weighted by molar-refractivity contribution is 0.466. The van der Waals surface area contributed by atoms with E-state index in [1.807, 2.05) is 18.2 Å². The monoisotopic (exact) mass is 775 g/mol. The van der Waals surface area contributed by atoms with Crippen molar-refractivity contribution in [3.05, 3.63) is 204 Å². The first-order valence-corrected chi connectivity index (χ1v) is 22.6. The van der Waals surface area contributed by atoms with E-state index < -0.39 is 11.5 Å². The number of rotatable bonds is 2. The minimum atomic E-state index is -2.56. The van der Waals surface area contributed by atoms with E-state index in [0.29, 0.717) is 0 Å². The Morgan fingerprint density at radius 2 is 1.02 bits per heavy atom. The fourth-order valence-corrected chi connectivity index (χ4v) is 16.1. The summed E-state index contributed by atoms with van der Waals surface area (Å²) in [5.74, 6) is 3.25. The third kappa shape index (κ3) is 3.62. The molecule has 3 nitrogen and oxygen atoms in total. The van der Waals surface area contributed by atoms with Gasteiger partial charge in [0, 0.05) is 5.69 Å². The van der Waals surface area contributed by atoms with Crippen molar-refractivity contribution < 1.29 is 9.47 Å². The molecule has 14 rings (SSSR count). The van der Waals surface area contributed by atoms with Gasteiger partial charge in [0.25, 0.3) is 0 Å². The first-order chi connectivity index (χ1) is 28.6. The largest absolute Gasteiger partial charge is 0.456 e. The van der Waals surface area contributed by atoms with Gasteiger partial charge in [0.1, 0.15) is 23.0 Å². The van der Waals surface area contributed by atoms with Crippen LogP contribution in [0.2, 0.25) is 0 Å². The summed E-state index contributed by atoms with van der Waals surface area (Å²) >= 11 is 7.02. The first-order valence-electron chi connectivity index (χ1n) is 19.8. The molecule has 3 aliphatic heterocycles. The van der Waals surface area contributed by atoms with Gasteiger partial charge in [-0.05, 0) is 121 Å². The summed E-state index contributed by atoms with van der Waals surface area (Å²) in [7, 11) is 0. The minimum Gasteiger partial charge on any atom is -0.456 e. The van der Waals surface area contributed by atoms with Gasteiger partial charge in [-0.1, -0.05) is 139 Å². The molecule has 9 aromatic carbocycles. The summed E-state index contributed by atoms with van der Waals surface area (Å²) in [6, 6.07) is 63.9. The average Bonchev–Trinajstić information content (AvgIpc) is 3.74. The smallest absolute Gasteiger partial charge is 0.140 e. The van der Waals surface area contributed by atoms with Crippen molar-refractivity contribution in [1.29, 1.82) is 0 Å². The van der Waals surface area contributed by atoms with Gasteiger partial charge in [-0.25, -0.2) is 0 Å². The third-order valence-electron chi connectivity index (χ3n) is 13.2. The molecule has 0 radical (unpaired) electrons. The van der Waals surface area contributed by atoms with Crippen LogP contribution in [0.25, 0.3) is 44.2 Å². The lowest BCUT2D eigenvalue weighted by atomic mass is 9.69. The molecule has 1 atom stereocenters. The maximum absolute atomic E-state index is 7.02. The van der Waals surface area contributed by atoms with Gasteiger partial charge in [-0.2, -0.15) is 0 Å². The molecule has 1 unspecified atom stereocenters. The molecule has 0 bridgehead atoms. The molecule has 5 aliphatic rings. The fraction of sp³-hybridized carbons (Fsp3) is 0.0189. The van der Waals surface area contributed by atoms with Crippen LogP contribution >= 0.6 is 6.04 Å². The van der Waals surface area contributed by atoms with Crippen LogP contribution in [-0.4, -0.2) is 0 Å². The molecule has 0 saturated carbocycles. The van der Waals surface area contributed by atoms with Gasteiger partial charge in [-0.3, -0.25) is 0 Å². The van der Waals surface area contributed by atoms with Gasteiger partial charge >= 0.3 is 0 Å². The van der Waals surface area contributed by atoms with Crippen molar-refractivity contribution in [3.8, 4) is 56.4 Å². The molecular formula is C53H30NO2PS. The highest BCUT2D eigenvalue weighted by Crippen LogP contribution is 2.66. The van der Waals surface area contributed by atoms with E-state index in [-0.39, 0.29) is 0 Å². The summed E-state index contributed by atoms with van der Waals surface area (Å²) in [6.45, 7) is 0. The Labute approximate surface area is 340 Å². The molecular weight excluding hydrogens is 746 g/mol. The maximum atomic E-state index is 7.02. The van der Waals surface area contributed by atoms with E-state index in [2.05, 4.69) is 169 Å². The predicted octanol–water partition coefficient (Wildman–Crippen LogP) is 12.6. The highest BCUT2D eigenvalue weighted by Gasteiger charge is 2.53. The number of nitrogens with zero attached hydrogens (tertiary/aromatic N) is 1. The zero-order valence-electron chi connectivity index (χ0n) is 30.9. The molecule has 1 spiro atoms. The van der Waals surface area contributed by atoms with Crippen molar-refractivity contribution in [1.82, 2.24) is 0 Å². The standard InChI is InChI=1S/C53H30NO2PS/c58-57-50-43-20-10-21-45(50)55-46-22-11-23-47(52(46)57)56-48-30-33(29-44(51(48)57)54(43)34-12-2-1-3-13-34)31-24-26-35-32(28-31)25-27-39-38-16-6-9-19-42(38)53(49(35)39)40-17-7-4-14-36(40)37-15-5-8-18-41(37)53/h1-30H. The predicted molar refractivity (Wildman–Crippen MR) is 240 cm³/mol. The van der Waals surface area contributed by atoms with E-state index in [9.17, 15) is 0 Å². The number of anilines is 3. The zero-order chi connectivity index (χ0) is 37.9. The number of ether oxygens (including phenoxy) is 2. The molecule has 0 aromatic heterocycles. The van der Waals surface area contributed by atoms with Gasteiger partial charge in [0.2, 0.25) is 0 Å². The van der Waals surface area contributed by atoms with E-state index >= 15 is 0 Å². The van der Waals surface area contributed by atoms with Crippen LogP contribution in [-0.2, 0) is 17.2 Å². The second-order valence-electron chi connectivity index (χ2n) is 15.9. The highest BCUT2D eigenvalue weighted by molar-refractivity contribution is 8.26. The van der Waals surface area contributed by atoms with E-state index in [1.165, 1.54) is 55.3 Å². The number of benzene rings is 9. The number of para-hydroxylation sites is 1. The van der Waals surface area contributed by atoms with Crippen LogP contribution < -0.4 is 30.3 Å². The molecule has 0 amide bonds. The molecule has 3 heterocycles. The van der Waals surface area contributed by atoms with Gasteiger partial charge in [0.05, 0.1) is 38.7 Å². The Balaban J connectivity index is 1.03. The van der Waals surface area contributed by atoms with Crippen LogP contribution in [0, 0.1) is 0 Å². The lowest BCUT2D eigenvalue weighted by Gasteiger charge is -2.45. The van der Waals surface area contributed by atoms with Gasteiger partial charge in [-0.15, -0.1) is 0 Å². The molecule has 0 N–H and O–H groups in total. The molecule has 2 aliphatic carbocycles.